The van der Waals surface area contributed by atoms with E-state index in [2.05, 4.69) is 4.90 Å². The number of halogens is 3. The molecule has 1 amide bonds. The molecule has 0 spiro atoms. The molecule has 0 aliphatic carbocycles. The molecule has 0 atom stereocenters. The first-order chi connectivity index (χ1) is 9.97. The van der Waals surface area contributed by atoms with Crippen molar-refractivity contribution < 1.29 is 18.0 Å². The molecule has 1 aliphatic rings. The summed E-state index contributed by atoms with van der Waals surface area (Å²) in [5, 5.41) is 1.87. The SMILES string of the molecule is O=C(NCCc1ccc(N2CCCCC2)cc1)C(F)(F)F. The van der Waals surface area contributed by atoms with E-state index in [-0.39, 0.29) is 6.54 Å². The second-order valence-corrected chi connectivity index (χ2v) is 5.22. The lowest BCUT2D eigenvalue weighted by molar-refractivity contribution is -0.173. The van der Waals surface area contributed by atoms with Crippen LogP contribution in [-0.4, -0.2) is 31.7 Å². The van der Waals surface area contributed by atoms with E-state index in [1.165, 1.54) is 19.3 Å². The van der Waals surface area contributed by atoms with Gasteiger partial charge in [0.1, 0.15) is 0 Å². The van der Waals surface area contributed by atoms with Gasteiger partial charge < -0.3 is 10.2 Å². The number of nitrogens with zero attached hydrogens (tertiary/aromatic N) is 1. The van der Waals surface area contributed by atoms with Crippen molar-refractivity contribution in [3.8, 4) is 0 Å². The highest BCUT2D eigenvalue weighted by Crippen LogP contribution is 2.20. The molecule has 0 aromatic heterocycles. The van der Waals surface area contributed by atoms with Gasteiger partial charge in [-0.1, -0.05) is 12.1 Å². The maximum atomic E-state index is 12.0. The molecule has 116 valence electrons. The lowest BCUT2D eigenvalue weighted by Gasteiger charge is -2.28. The van der Waals surface area contributed by atoms with Crippen LogP contribution in [-0.2, 0) is 11.2 Å². The van der Waals surface area contributed by atoms with E-state index in [0.29, 0.717) is 6.42 Å². The van der Waals surface area contributed by atoms with E-state index in [0.717, 1.165) is 24.3 Å². The van der Waals surface area contributed by atoms with Gasteiger partial charge in [0, 0.05) is 25.3 Å². The average molecular weight is 300 g/mol. The first-order valence-electron chi connectivity index (χ1n) is 7.16. The average Bonchev–Trinajstić information content (AvgIpc) is 2.48. The molecule has 1 aromatic carbocycles. The molecule has 0 bridgehead atoms. The smallest absolute Gasteiger partial charge is 0.372 e. The summed E-state index contributed by atoms with van der Waals surface area (Å²) in [6, 6.07) is 7.80. The summed E-state index contributed by atoms with van der Waals surface area (Å²) in [6.07, 6.45) is -0.746. The number of alkyl halides is 3. The number of rotatable bonds is 4. The van der Waals surface area contributed by atoms with Crippen LogP contribution < -0.4 is 10.2 Å². The Balaban J connectivity index is 1.81. The third kappa shape index (κ3) is 4.65. The first-order valence-corrected chi connectivity index (χ1v) is 7.16. The molecule has 6 heteroatoms. The molecule has 0 radical (unpaired) electrons. The van der Waals surface area contributed by atoms with Crippen molar-refractivity contribution in [2.24, 2.45) is 0 Å². The van der Waals surface area contributed by atoms with Crippen LogP contribution >= 0.6 is 0 Å². The molecular weight excluding hydrogens is 281 g/mol. The highest BCUT2D eigenvalue weighted by Gasteiger charge is 2.38. The van der Waals surface area contributed by atoms with Gasteiger partial charge in [0.15, 0.2) is 0 Å². The maximum absolute atomic E-state index is 12.0. The zero-order chi connectivity index (χ0) is 15.3. The van der Waals surface area contributed by atoms with Gasteiger partial charge in [0.2, 0.25) is 0 Å². The van der Waals surface area contributed by atoms with E-state index in [4.69, 9.17) is 0 Å². The molecular formula is C15H19F3N2O. The number of piperidine rings is 1. The van der Waals surface area contributed by atoms with E-state index in [1.807, 2.05) is 29.6 Å². The van der Waals surface area contributed by atoms with Crippen LogP contribution in [0, 0.1) is 0 Å². The molecule has 2 rings (SSSR count). The van der Waals surface area contributed by atoms with E-state index >= 15 is 0 Å². The molecule has 1 aromatic rings. The number of benzene rings is 1. The van der Waals surface area contributed by atoms with Crippen LogP contribution in [0.5, 0.6) is 0 Å². The quantitative estimate of drug-likeness (QED) is 0.927. The van der Waals surface area contributed by atoms with Gasteiger partial charge in [-0.05, 0) is 43.4 Å². The Labute approximate surface area is 122 Å². The van der Waals surface area contributed by atoms with Gasteiger partial charge in [-0.15, -0.1) is 0 Å². The van der Waals surface area contributed by atoms with Crippen LogP contribution in [0.1, 0.15) is 24.8 Å². The first kappa shape index (κ1) is 15.7. The molecule has 1 aliphatic heterocycles. The third-order valence-corrected chi connectivity index (χ3v) is 3.61. The second-order valence-electron chi connectivity index (χ2n) is 5.22. The van der Waals surface area contributed by atoms with Crippen LogP contribution in [0.2, 0.25) is 0 Å². The molecule has 3 nitrogen and oxygen atoms in total. The minimum absolute atomic E-state index is 0.0125. The Hall–Kier alpha value is -1.72. The van der Waals surface area contributed by atoms with Crippen LogP contribution in [0.15, 0.2) is 24.3 Å². The van der Waals surface area contributed by atoms with Crippen molar-refractivity contribution in [2.75, 3.05) is 24.5 Å². The predicted molar refractivity (Wildman–Crippen MR) is 75.3 cm³/mol. The largest absolute Gasteiger partial charge is 0.471 e. The fraction of sp³-hybridized carbons (Fsp3) is 0.533. The van der Waals surface area contributed by atoms with Gasteiger partial charge in [-0.2, -0.15) is 13.2 Å². The lowest BCUT2D eigenvalue weighted by Crippen LogP contribution is -2.37. The fourth-order valence-corrected chi connectivity index (χ4v) is 2.45. The van der Waals surface area contributed by atoms with Crippen molar-refractivity contribution in [3.05, 3.63) is 29.8 Å². The third-order valence-electron chi connectivity index (χ3n) is 3.61. The summed E-state index contributed by atoms with van der Waals surface area (Å²) >= 11 is 0. The van der Waals surface area contributed by atoms with E-state index in [1.54, 1.807) is 0 Å². The Bertz CT molecular complexity index is 465. The molecule has 1 saturated heterocycles. The Morgan fingerprint density at radius 3 is 2.29 bits per heavy atom. The summed E-state index contributed by atoms with van der Waals surface area (Å²) < 4.78 is 36.0. The molecule has 1 heterocycles. The normalized spacial score (nSPS) is 15.9. The zero-order valence-corrected chi connectivity index (χ0v) is 11.7. The van der Waals surface area contributed by atoms with Crippen LogP contribution in [0.25, 0.3) is 0 Å². The molecule has 1 fully saturated rings. The minimum Gasteiger partial charge on any atom is -0.372 e. The Morgan fingerprint density at radius 1 is 1.10 bits per heavy atom. The van der Waals surface area contributed by atoms with Crippen LogP contribution in [0.4, 0.5) is 18.9 Å². The maximum Gasteiger partial charge on any atom is 0.471 e. The van der Waals surface area contributed by atoms with Crippen molar-refractivity contribution in [2.45, 2.75) is 31.9 Å². The molecule has 0 saturated carbocycles. The molecule has 0 unspecified atom stereocenters. The number of carbonyl (C=O) groups excluding carboxylic acids is 1. The second kappa shape index (κ2) is 6.83. The van der Waals surface area contributed by atoms with E-state index in [9.17, 15) is 18.0 Å². The summed E-state index contributed by atoms with van der Waals surface area (Å²) in [4.78, 5) is 13.0. The zero-order valence-electron chi connectivity index (χ0n) is 11.7. The monoisotopic (exact) mass is 300 g/mol. The highest BCUT2D eigenvalue weighted by atomic mass is 19.4. The molecule has 1 N–H and O–H groups in total. The topological polar surface area (TPSA) is 32.3 Å². The van der Waals surface area contributed by atoms with E-state index < -0.39 is 12.1 Å². The number of anilines is 1. The Morgan fingerprint density at radius 2 is 1.71 bits per heavy atom. The van der Waals surface area contributed by atoms with Gasteiger partial charge in [0.25, 0.3) is 0 Å². The standard InChI is InChI=1S/C15H19F3N2O/c16-15(17,18)14(21)19-9-8-12-4-6-13(7-5-12)20-10-2-1-3-11-20/h4-7H,1-3,8-11H2,(H,19,21). The molecule has 21 heavy (non-hydrogen) atoms. The summed E-state index contributed by atoms with van der Waals surface area (Å²) in [7, 11) is 0. The van der Waals surface area contributed by atoms with Gasteiger partial charge >= 0.3 is 12.1 Å². The van der Waals surface area contributed by atoms with Gasteiger partial charge in [0.05, 0.1) is 0 Å². The van der Waals surface area contributed by atoms with Crippen molar-refractivity contribution in [1.82, 2.24) is 5.32 Å². The number of nitrogens with one attached hydrogen (secondary N) is 1. The van der Waals surface area contributed by atoms with Crippen molar-refractivity contribution in [1.29, 1.82) is 0 Å². The predicted octanol–water partition coefficient (Wildman–Crippen LogP) is 2.90. The highest BCUT2D eigenvalue weighted by molar-refractivity contribution is 5.81. The lowest BCUT2D eigenvalue weighted by atomic mass is 10.1. The number of carbonyl (C=O) groups is 1. The van der Waals surface area contributed by atoms with Crippen molar-refractivity contribution in [3.63, 3.8) is 0 Å². The summed E-state index contributed by atoms with van der Waals surface area (Å²) in [5.74, 6) is -1.88. The number of hydrogen-bond donors (Lipinski definition) is 1. The van der Waals surface area contributed by atoms with Crippen molar-refractivity contribution >= 4 is 11.6 Å². The van der Waals surface area contributed by atoms with Gasteiger partial charge in [-0.25, -0.2) is 0 Å². The number of amides is 1. The minimum atomic E-state index is -4.81. The van der Waals surface area contributed by atoms with Crippen LogP contribution in [0.3, 0.4) is 0 Å². The number of hydrogen-bond acceptors (Lipinski definition) is 2. The fourth-order valence-electron chi connectivity index (χ4n) is 2.45. The Kier molecular flexibility index (Phi) is 5.09. The summed E-state index contributed by atoms with van der Waals surface area (Å²) in [6.45, 7) is 2.10. The van der Waals surface area contributed by atoms with Gasteiger partial charge in [-0.3, -0.25) is 4.79 Å². The summed E-state index contributed by atoms with van der Waals surface area (Å²) in [5.41, 5.74) is 2.07.